The predicted octanol–water partition coefficient (Wildman–Crippen LogP) is 1.68. The maximum absolute atomic E-state index is 11.3. The SMILES string of the molecule is CC1CCN(CCNc2cn[nH]c(=O)c2Br)CC1. The van der Waals surface area contributed by atoms with Gasteiger partial charge in [-0.1, -0.05) is 6.92 Å². The number of likely N-dealkylation sites (tertiary alicyclic amines) is 1. The third-order valence-electron chi connectivity index (χ3n) is 3.42. The van der Waals surface area contributed by atoms with E-state index in [4.69, 9.17) is 0 Å². The van der Waals surface area contributed by atoms with Crippen molar-refractivity contribution in [1.82, 2.24) is 15.1 Å². The fourth-order valence-electron chi connectivity index (χ4n) is 2.14. The number of aromatic amines is 1. The molecule has 1 aromatic heterocycles. The van der Waals surface area contributed by atoms with E-state index < -0.39 is 0 Å². The van der Waals surface area contributed by atoms with Crippen molar-refractivity contribution in [3.63, 3.8) is 0 Å². The van der Waals surface area contributed by atoms with Gasteiger partial charge >= 0.3 is 0 Å². The molecule has 1 saturated heterocycles. The molecule has 1 fully saturated rings. The topological polar surface area (TPSA) is 61.0 Å². The fraction of sp³-hybridized carbons (Fsp3) is 0.667. The van der Waals surface area contributed by atoms with E-state index in [0.29, 0.717) is 4.47 Å². The molecule has 0 saturated carbocycles. The van der Waals surface area contributed by atoms with Gasteiger partial charge in [0.05, 0.1) is 11.9 Å². The highest BCUT2D eigenvalue weighted by Gasteiger charge is 2.15. The number of halogens is 1. The van der Waals surface area contributed by atoms with Crippen molar-refractivity contribution in [2.45, 2.75) is 19.8 Å². The highest BCUT2D eigenvalue weighted by molar-refractivity contribution is 9.10. The molecule has 0 atom stereocenters. The first-order valence-corrected chi connectivity index (χ1v) is 7.15. The van der Waals surface area contributed by atoms with Crippen LogP contribution in [0.15, 0.2) is 15.5 Å². The molecule has 18 heavy (non-hydrogen) atoms. The van der Waals surface area contributed by atoms with Crippen LogP contribution in [0, 0.1) is 5.92 Å². The van der Waals surface area contributed by atoms with Crippen molar-refractivity contribution in [2.75, 3.05) is 31.5 Å². The minimum Gasteiger partial charge on any atom is -0.381 e. The van der Waals surface area contributed by atoms with Crippen LogP contribution in [0.5, 0.6) is 0 Å². The smallest absolute Gasteiger partial charge is 0.280 e. The van der Waals surface area contributed by atoms with Crippen LogP contribution >= 0.6 is 15.9 Å². The summed E-state index contributed by atoms with van der Waals surface area (Å²) >= 11 is 3.25. The van der Waals surface area contributed by atoms with Crippen LogP contribution in [0.4, 0.5) is 5.69 Å². The first-order valence-electron chi connectivity index (χ1n) is 6.36. The number of anilines is 1. The summed E-state index contributed by atoms with van der Waals surface area (Å²) in [5.41, 5.74) is 0.552. The van der Waals surface area contributed by atoms with Gasteiger partial charge in [-0.25, -0.2) is 5.10 Å². The number of piperidine rings is 1. The van der Waals surface area contributed by atoms with Crippen molar-refractivity contribution in [1.29, 1.82) is 0 Å². The molecule has 100 valence electrons. The van der Waals surface area contributed by atoms with Gasteiger partial charge in [-0.15, -0.1) is 0 Å². The van der Waals surface area contributed by atoms with Gasteiger partial charge in [0, 0.05) is 13.1 Å². The van der Waals surface area contributed by atoms with Crippen LogP contribution in [0.25, 0.3) is 0 Å². The molecule has 0 spiro atoms. The molecule has 0 aliphatic carbocycles. The molecular weight excluding hydrogens is 296 g/mol. The van der Waals surface area contributed by atoms with Crippen LogP contribution in [0.3, 0.4) is 0 Å². The van der Waals surface area contributed by atoms with Gasteiger partial charge in [0.2, 0.25) is 0 Å². The van der Waals surface area contributed by atoms with Crippen molar-refractivity contribution < 1.29 is 0 Å². The summed E-state index contributed by atoms with van der Waals surface area (Å²) in [4.78, 5) is 13.8. The maximum Gasteiger partial charge on any atom is 0.280 e. The number of hydrogen-bond acceptors (Lipinski definition) is 4. The molecule has 1 aliphatic rings. The van der Waals surface area contributed by atoms with E-state index in [1.807, 2.05) is 0 Å². The average Bonchev–Trinajstić information content (AvgIpc) is 2.37. The number of nitrogens with zero attached hydrogens (tertiary/aromatic N) is 2. The number of hydrogen-bond donors (Lipinski definition) is 2. The van der Waals surface area contributed by atoms with Gasteiger partial charge in [-0.2, -0.15) is 5.10 Å². The summed E-state index contributed by atoms with van der Waals surface area (Å²) in [7, 11) is 0. The minimum atomic E-state index is -0.202. The zero-order valence-corrected chi connectivity index (χ0v) is 12.2. The fourth-order valence-corrected chi connectivity index (χ4v) is 2.47. The summed E-state index contributed by atoms with van der Waals surface area (Å²) in [6.07, 6.45) is 4.20. The second-order valence-corrected chi connectivity index (χ2v) is 5.67. The highest BCUT2D eigenvalue weighted by Crippen LogP contribution is 2.17. The third kappa shape index (κ3) is 3.55. The Morgan fingerprint density at radius 2 is 2.28 bits per heavy atom. The number of nitrogens with one attached hydrogen (secondary N) is 2. The molecule has 2 N–H and O–H groups in total. The second-order valence-electron chi connectivity index (χ2n) is 4.88. The molecule has 0 radical (unpaired) electrons. The molecule has 0 bridgehead atoms. The Hall–Kier alpha value is -0.880. The normalized spacial score (nSPS) is 17.9. The highest BCUT2D eigenvalue weighted by atomic mass is 79.9. The van der Waals surface area contributed by atoms with Crippen molar-refractivity contribution in [3.05, 3.63) is 21.0 Å². The lowest BCUT2D eigenvalue weighted by atomic mass is 9.99. The summed E-state index contributed by atoms with van der Waals surface area (Å²) < 4.78 is 0.518. The molecule has 0 unspecified atom stereocenters. The van der Waals surface area contributed by atoms with Gasteiger partial charge in [0.25, 0.3) is 5.56 Å². The van der Waals surface area contributed by atoms with Crippen LogP contribution in [0.2, 0.25) is 0 Å². The zero-order valence-electron chi connectivity index (χ0n) is 10.6. The van der Waals surface area contributed by atoms with Gasteiger partial charge in [-0.3, -0.25) is 4.79 Å². The molecule has 5 nitrogen and oxygen atoms in total. The first kappa shape index (κ1) is 13.5. The molecule has 0 aromatic carbocycles. The lowest BCUT2D eigenvalue weighted by Gasteiger charge is -2.30. The van der Waals surface area contributed by atoms with E-state index >= 15 is 0 Å². The number of aromatic nitrogens is 2. The molecular formula is C12H19BrN4O. The summed E-state index contributed by atoms with van der Waals surface area (Å²) in [6, 6.07) is 0. The Morgan fingerprint density at radius 1 is 1.56 bits per heavy atom. The average molecular weight is 315 g/mol. The van der Waals surface area contributed by atoms with E-state index in [0.717, 1.165) is 24.7 Å². The lowest BCUT2D eigenvalue weighted by Crippen LogP contribution is -2.36. The number of rotatable bonds is 4. The van der Waals surface area contributed by atoms with Crippen LogP contribution < -0.4 is 10.9 Å². The van der Waals surface area contributed by atoms with Crippen molar-refractivity contribution >= 4 is 21.6 Å². The predicted molar refractivity (Wildman–Crippen MR) is 75.9 cm³/mol. The minimum absolute atomic E-state index is 0.202. The zero-order chi connectivity index (χ0) is 13.0. The molecule has 1 aliphatic heterocycles. The van der Waals surface area contributed by atoms with Crippen molar-refractivity contribution in [3.8, 4) is 0 Å². The van der Waals surface area contributed by atoms with E-state index in [9.17, 15) is 4.79 Å². The largest absolute Gasteiger partial charge is 0.381 e. The van der Waals surface area contributed by atoms with Gasteiger partial charge in [0.15, 0.2) is 0 Å². The Balaban J connectivity index is 1.78. The van der Waals surface area contributed by atoms with E-state index in [1.165, 1.54) is 25.9 Å². The first-order chi connectivity index (χ1) is 8.66. The van der Waals surface area contributed by atoms with Crippen LogP contribution in [-0.4, -0.2) is 41.3 Å². The van der Waals surface area contributed by atoms with Crippen LogP contribution in [0.1, 0.15) is 19.8 Å². The Morgan fingerprint density at radius 3 is 3.00 bits per heavy atom. The van der Waals surface area contributed by atoms with Gasteiger partial charge in [-0.05, 0) is 47.8 Å². The molecule has 1 aromatic rings. The van der Waals surface area contributed by atoms with Crippen LogP contribution in [-0.2, 0) is 0 Å². The standard InChI is InChI=1S/C12H19BrN4O/c1-9-2-5-17(6-3-9)7-4-14-10-8-15-16-12(18)11(10)13/h8-9H,2-7H2,1H3,(H2,14,16,18). The van der Waals surface area contributed by atoms with Gasteiger partial charge in [0.1, 0.15) is 4.47 Å². The van der Waals surface area contributed by atoms with E-state index in [-0.39, 0.29) is 5.56 Å². The molecule has 6 heteroatoms. The number of H-pyrrole nitrogens is 1. The van der Waals surface area contributed by atoms with E-state index in [1.54, 1.807) is 6.20 Å². The maximum atomic E-state index is 11.3. The Bertz CT molecular complexity index is 440. The second kappa shape index (κ2) is 6.33. The summed E-state index contributed by atoms with van der Waals surface area (Å²) in [6.45, 7) is 6.51. The molecule has 0 amide bonds. The van der Waals surface area contributed by atoms with E-state index in [2.05, 4.69) is 43.3 Å². The quantitative estimate of drug-likeness (QED) is 0.887. The monoisotopic (exact) mass is 314 g/mol. The summed E-state index contributed by atoms with van der Waals surface area (Å²) in [5.74, 6) is 0.861. The molecule has 2 heterocycles. The third-order valence-corrected chi connectivity index (χ3v) is 4.20. The lowest BCUT2D eigenvalue weighted by molar-refractivity contribution is 0.199. The molecule has 2 rings (SSSR count). The Kier molecular flexibility index (Phi) is 4.77. The Labute approximate surface area is 115 Å². The van der Waals surface area contributed by atoms with Gasteiger partial charge < -0.3 is 10.2 Å². The van der Waals surface area contributed by atoms with Crippen molar-refractivity contribution in [2.24, 2.45) is 5.92 Å². The summed E-state index contributed by atoms with van der Waals surface area (Å²) in [5, 5.41) is 9.40.